The molecule has 2 heterocycles. The third-order valence-electron chi connectivity index (χ3n) is 3.60. The Balaban J connectivity index is 0.000000847. The summed E-state index contributed by atoms with van der Waals surface area (Å²) in [7, 11) is 1.85. The summed E-state index contributed by atoms with van der Waals surface area (Å²) in [4.78, 5) is 16.6. The number of rotatable bonds is 2. The van der Waals surface area contributed by atoms with Gasteiger partial charge in [0.2, 0.25) is 0 Å². The maximum atomic E-state index is 12.0. The van der Waals surface area contributed by atoms with Crippen LogP contribution in [0.1, 0.15) is 48.1 Å². The number of pyridine rings is 1. The van der Waals surface area contributed by atoms with Crippen LogP contribution in [-0.4, -0.2) is 27.3 Å². The summed E-state index contributed by atoms with van der Waals surface area (Å²) in [5.41, 5.74) is 5.45. The monoisotopic (exact) mass is 301 g/mol. The van der Waals surface area contributed by atoms with Gasteiger partial charge in [0, 0.05) is 18.3 Å². The van der Waals surface area contributed by atoms with Crippen molar-refractivity contribution in [2.75, 3.05) is 6.61 Å². The molecular weight excluding hydrogens is 278 g/mol. The number of carbonyl (C=O) groups excluding carboxylic acids is 1. The van der Waals surface area contributed by atoms with E-state index < -0.39 is 0 Å². The Hall–Kier alpha value is -2.17. The zero-order valence-corrected chi connectivity index (χ0v) is 13.9. The van der Waals surface area contributed by atoms with E-state index in [0.29, 0.717) is 12.3 Å². The number of aryl methyl sites for hydroxylation is 3. The molecule has 2 aromatic rings. The summed E-state index contributed by atoms with van der Waals surface area (Å²) >= 11 is 0. The molecule has 0 aromatic carbocycles. The molecule has 0 saturated carbocycles. The van der Waals surface area contributed by atoms with E-state index in [2.05, 4.69) is 16.1 Å². The summed E-state index contributed by atoms with van der Waals surface area (Å²) in [5, 5.41) is 4.34. The van der Waals surface area contributed by atoms with Crippen molar-refractivity contribution in [3.8, 4) is 11.4 Å². The predicted octanol–water partition coefficient (Wildman–Crippen LogP) is 3.09. The lowest BCUT2D eigenvalue weighted by atomic mass is 9.92. The molecule has 0 saturated heterocycles. The third-order valence-corrected chi connectivity index (χ3v) is 3.60. The maximum Gasteiger partial charge on any atom is 0.359 e. The van der Waals surface area contributed by atoms with Crippen molar-refractivity contribution in [3.63, 3.8) is 0 Å². The second kappa shape index (κ2) is 6.73. The van der Waals surface area contributed by atoms with Crippen LogP contribution in [0.15, 0.2) is 12.1 Å². The molecule has 0 aliphatic heterocycles. The van der Waals surface area contributed by atoms with Crippen LogP contribution in [0.25, 0.3) is 11.4 Å². The van der Waals surface area contributed by atoms with E-state index in [9.17, 15) is 4.79 Å². The molecule has 0 bridgehead atoms. The summed E-state index contributed by atoms with van der Waals surface area (Å²) < 4.78 is 6.83. The fourth-order valence-corrected chi connectivity index (χ4v) is 2.72. The first-order chi connectivity index (χ1) is 10.6. The van der Waals surface area contributed by atoms with E-state index in [-0.39, 0.29) is 5.97 Å². The number of hydrogen-bond donors (Lipinski definition) is 0. The van der Waals surface area contributed by atoms with Crippen LogP contribution < -0.4 is 0 Å². The molecule has 118 valence electrons. The molecule has 0 unspecified atom stereocenters. The molecule has 0 atom stereocenters. The highest BCUT2D eigenvalue weighted by Crippen LogP contribution is 2.33. The summed E-state index contributed by atoms with van der Waals surface area (Å²) in [5.74, 6) is -0.347. The molecule has 3 rings (SSSR count). The van der Waals surface area contributed by atoms with Crippen molar-refractivity contribution in [1.82, 2.24) is 14.8 Å². The van der Waals surface area contributed by atoms with E-state index in [0.717, 1.165) is 35.5 Å². The number of hydrogen-bond acceptors (Lipinski definition) is 4. The smallest absolute Gasteiger partial charge is 0.359 e. The molecule has 5 nitrogen and oxygen atoms in total. The molecule has 0 N–H and O–H groups in total. The van der Waals surface area contributed by atoms with Gasteiger partial charge in [0.1, 0.15) is 0 Å². The van der Waals surface area contributed by atoms with Gasteiger partial charge in [-0.05, 0) is 38.3 Å². The second-order valence-electron chi connectivity index (χ2n) is 4.98. The topological polar surface area (TPSA) is 57.0 Å². The number of fused-ring (bicyclic) bond motifs is 3. The van der Waals surface area contributed by atoms with Gasteiger partial charge in [-0.3, -0.25) is 9.67 Å². The van der Waals surface area contributed by atoms with Crippen LogP contribution >= 0.6 is 0 Å². The van der Waals surface area contributed by atoms with Crippen molar-refractivity contribution in [2.45, 2.75) is 40.5 Å². The summed E-state index contributed by atoms with van der Waals surface area (Å²) in [6.07, 6.45) is 1.68. The molecular formula is C17H23N3O2. The predicted molar refractivity (Wildman–Crippen MR) is 85.9 cm³/mol. The van der Waals surface area contributed by atoms with Gasteiger partial charge in [0.25, 0.3) is 0 Å². The van der Waals surface area contributed by atoms with Gasteiger partial charge in [0.05, 0.1) is 18.0 Å². The van der Waals surface area contributed by atoms with Crippen molar-refractivity contribution in [3.05, 3.63) is 34.6 Å². The van der Waals surface area contributed by atoms with E-state index in [1.165, 1.54) is 5.56 Å². The first-order valence-electron chi connectivity index (χ1n) is 7.81. The highest BCUT2D eigenvalue weighted by molar-refractivity contribution is 5.91. The van der Waals surface area contributed by atoms with Gasteiger partial charge in [0.15, 0.2) is 5.69 Å². The number of esters is 1. The van der Waals surface area contributed by atoms with E-state index in [1.807, 2.05) is 33.9 Å². The molecule has 22 heavy (non-hydrogen) atoms. The van der Waals surface area contributed by atoms with Crippen molar-refractivity contribution in [2.24, 2.45) is 7.05 Å². The molecule has 0 fully saturated rings. The number of aromatic nitrogens is 3. The molecule has 1 aliphatic rings. The van der Waals surface area contributed by atoms with Crippen LogP contribution in [0.5, 0.6) is 0 Å². The summed E-state index contributed by atoms with van der Waals surface area (Å²) in [6, 6.07) is 4.13. The SMILES string of the molecule is CC.CCOC(=O)c1nn(C)c2c1CCc1ccc(C)nc1-2. The molecule has 5 heteroatoms. The Labute approximate surface area is 131 Å². The standard InChI is InChI=1S/C15H17N3O2.C2H6/c1-4-20-15(19)13-11-8-7-10-6-5-9(2)16-12(10)14(11)18(3)17-13;1-2/h5-6H,4,7-8H2,1-3H3;1-2H3. The van der Waals surface area contributed by atoms with Gasteiger partial charge in [-0.2, -0.15) is 5.10 Å². The minimum atomic E-state index is -0.347. The van der Waals surface area contributed by atoms with Crippen LogP contribution in [-0.2, 0) is 24.6 Å². The number of carbonyl (C=O) groups is 1. The van der Waals surface area contributed by atoms with Crippen LogP contribution in [0.2, 0.25) is 0 Å². The van der Waals surface area contributed by atoms with Crippen LogP contribution in [0.4, 0.5) is 0 Å². The highest BCUT2D eigenvalue weighted by atomic mass is 16.5. The molecule has 0 amide bonds. The number of nitrogens with zero attached hydrogens (tertiary/aromatic N) is 3. The Morgan fingerprint density at radius 2 is 2.05 bits per heavy atom. The molecule has 0 spiro atoms. The average molecular weight is 301 g/mol. The first-order valence-corrected chi connectivity index (χ1v) is 7.81. The highest BCUT2D eigenvalue weighted by Gasteiger charge is 2.28. The lowest BCUT2D eigenvalue weighted by Crippen LogP contribution is -2.11. The third kappa shape index (κ3) is 2.75. The number of ether oxygens (including phenoxy) is 1. The van der Waals surface area contributed by atoms with Gasteiger partial charge in [-0.1, -0.05) is 19.9 Å². The lowest BCUT2D eigenvalue weighted by molar-refractivity contribution is 0.0517. The normalized spacial score (nSPS) is 11.9. The zero-order chi connectivity index (χ0) is 16.3. The Bertz CT molecular complexity index is 689. The van der Waals surface area contributed by atoms with Crippen molar-refractivity contribution in [1.29, 1.82) is 0 Å². The van der Waals surface area contributed by atoms with Gasteiger partial charge in [-0.15, -0.1) is 0 Å². The minimum Gasteiger partial charge on any atom is -0.461 e. The van der Waals surface area contributed by atoms with Gasteiger partial charge >= 0.3 is 5.97 Å². The molecule has 2 aromatic heterocycles. The lowest BCUT2D eigenvalue weighted by Gasteiger charge is -2.17. The quantitative estimate of drug-likeness (QED) is 0.800. The first kappa shape index (κ1) is 16.2. The minimum absolute atomic E-state index is 0.347. The van der Waals surface area contributed by atoms with Crippen LogP contribution in [0.3, 0.4) is 0 Å². The molecule has 0 radical (unpaired) electrons. The average Bonchev–Trinajstić information content (AvgIpc) is 2.87. The van der Waals surface area contributed by atoms with Gasteiger partial charge < -0.3 is 4.74 Å². The van der Waals surface area contributed by atoms with Gasteiger partial charge in [-0.25, -0.2) is 4.79 Å². The second-order valence-corrected chi connectivity index (χ2v) is 4.98. The van der Waals surface area contributed by atoms with Crippen molar-refractivity contribution < 1.29 is 9.53 Å². The molecule has 1 aliphatic carbocycles. The van der Waals surface area contributed by atoms with Crippen LogP contribution in [0, 0.1) is 6.92 Å². The fourth-order valence-electron chi connectivity index (χ4n) is 2.72. The van der Waals surface area contributed by atoms with E-state index >= 15 is 0 Å². The van der Waals surface area contributed by atoms with E-state index in [1.54, 1.807) is 11.6 Å². The maximum absolute atomic E-state index is 12.0. The zero-order valence-electron chi connectivity index (χ0n) is 13.9. The largest absolute Gasteiger partial charge is 0.461 e. The fraction of sp³-hybridized carbons (Fsp3) is 0.471. The Morgan fingerprint density at radius 3 is 2.73 bits per heavy atom. The Kier molecular flexibility index (Phi) is 4.96. The van der Waals surface area contributed by atoms with E-state index in [4.69, 9.17) is 4.74 Å². The van der Waals surface area contributed by atoms with Crippen molar-refractivity contribution >= 4 is 5.97 Å². The Morgan fingerprint density at radius 1 is 1.32 bits per heavy atom. The summed E-state index contributed by atoms with van der Waals surface area (Å²) in [6.45, 7) is 8.13.